The summed E-state index contributed by atoms with van der Waals surface area (Å²) < 4.78 is 15.6. The van der Waals surface area contributed by atoms with Crippen LogP contribution in [-0.4, -0.2) is 19.7 Å². The summed E-state index contributed by atoms with van der Waals surface area (Å²) in [6, 6.07) is 11.8. The Morgan fingerprint density at radius 3 is 2.68 bits per heavy atom. The fourth-order valence-corrected chi connectivity index (χ4v) is 3.29. The number of aromatic nitrogens is 3. The second-order valence-electron chi connectivity index (χ2n) is 5.51. The largest absolute Gasteiger partial charge is 0.305 e. The molecule has 0 N–H and O–H groups in total. The van der Waals surface area contributed by atoms with Crippen LogP contribution in [0.4, 0.5) is 10.1 Å². The topological polar surface area (TPSA) is 73.8 Å². The molecule has 0 aliphatic carbocycles. The molecule has 0 radical (unpaired) electrons. The van der Waals surface area contributed by atoms with Crippen LogP contribution < -0.4 is 0 Å². The first-order chi connectivity index (χ1) is 12.0. The van der Waals surface area contributed by atoms with Gasteiger partial charge in [-0.2, -0.15) is 4.39 Å². The van der Waals surface area contributed by atoms with Crippen LogP contribution in [-0.2, 0) is 12.8 Å². The van der Waals surface area contributed by atoms with Crippen molar-refractivity contribution in [3.05, 3.63) is 69.5 Å². The lowest BCUT2D eigenvalue weighted by Gasteiger charge is -2.06. The van der Waals surface area contributed by atoms with Crippen LogP contribution in [0.15, 0.2) is 47.6 Å². The molecule has 3 aromatic rings. The maximum Gasteiger partial charge on any atom is 0.304 e. The number of nitro benzene ring substituents is 1. The van der Waals surface area contributed by atoms with Crippen molar-refractivity contribution in [3.63, 3.8) is 0 Å². The average Bonchev–Trinajstić information content (AvgIpc) is 2.94. The molecule has 0 spiro atoms. The molecule has 0 aliphatic rings. The van der Waals surface area contributed by atoms with Crippen molar-refractivity contribution in [2.75, 3.05) is 0 Å². The number of hydrogen-bond donors (Lipinski definition) is 0. The van der Waals surface area contributed by atoms with Gasteiger partial charge in [0.05, 0.1) is 4.92 Å². The van der Waals surface area contributed by atoms with Crippen LogP contribution in [0.2, 0.25) is 0 Å². The summed E-state index contributed by atoms with van der Waals surface area (Å²) in [5, 5.41) is 19.8. The second-order valence-corrected chi connectivity index (χ2v) is 6.45. The van der Waals surface area contributed by atoms with Gasteiger partial charge >= 0.3 is 5.69 Å². The van der Waals surface area contributed by atoms with E-state index < -0.39 is 16.4 Å². The molecular formula is C17H15FN4O2S. The minimum Gasteiger partial charge on any atom is -0.305 e. The predicted octanol–water partition coefficient (Wildman–Crippen LogP) is 4.13. The van der Waals surface area contributed by atoms with Gasteiger partial charge in [0.25, 0.3) is 0 Å². The first kappa shape index (κ1) is 17.1. The van der Waals surface area contributed by atoms with Crippen molar-refractivity contribution in [2.24, 2.45) is 7.05 Å². The molecule has 1 aromatic heterocycles. The van der Waals surface area contributed by atoms with Crippen LogP contribution in [0, 0.1) is 22.9 Å². The monoisotopic (exact) mass is 358 g/mol. The number of hydrogen-bond acceptors (Lipinski definition) is 5. The highest BCUT2D eigenvalue weighted by atomic mass is 32.2. The summed E-state index contributed by atoms with van der Waals surface area (Å²) in [5.74, 6) is 0.367. The molecule has 0 bridgehead atoms. The Kier molecular flexibility index (Phi) is 4.80. The maximum absolute atomic E-state index is 13.7. The fraction of sp³-hybridized carbons (Fsp3) is 0.176. The molecule has 2 aromatic carbocycles. The maximum atomic E-state index is 13.7. The molecule has 0 saturated heterocycles. The van der Waals surface area contributed by atoms with Crippen LogP contribution in [0.25, 0.3) is 11.4 Å². The summed E-state index contributed by atoms with van der Waals surface area (Å²) in [6.07, 6.45) is 0. The normalized spacial score (nSPS) is 10.8. The number of rotatable bonds is 5. The van der Waals surface area contributed by atoms with E-state index in [9.17, 15) is 14.5 Å². The lowest BCUT2D eigenvalue weighted by atomic mass is 10.1. The number of aryl methyl sites for hydroxylation is 1. The SMILES string of the molecule is Cc1ccccc1-c1nnc(SCc2ccc([N+](=O)[O-])c(F)c2)n1C. The third kappa shape index (κ3) is 3.53. The predicted molar refractivity (Wildman–Crippen MR) is 93.8 cm³/mol. The van der Waals surface area contributed by atoms with E-state index in [-0.39, 0.29) is 0 Å². The van der Waals surface area contributed by atoms with Crippen molar-refractivity contribution in [2.45, 2.75) is 17.8 Å². The van der Waals surface area contributed by atoms with Crippen molar-refractivity contribution >= 4 is 17.4 Å². The Hall–Kier alpha value is -2.74. The van der Waals surface area contributed by atoms with E-state index in [0.717, 1.165) is 17.0 Å². The van der Waals surface area contributed by atoms with Gasteiger partial charge in [-0.25, -0.2) is 0 Å². The number of nitro groups is 1. The first-order valence-corrected chi connectivity index (χ1v) is 8.47. The molecule has 0 fully saturated rings. The number of thioether (sulfide) groups is 1. The minimum absolute atomic E-state index is 0.439. The van der Waals surface area contributed by atoms with Crippen molar-refractivity contribution in [1.82, 2.24) is 14.8 Å². The molecule has 6 nitrogen and oxygen atoms in total. The molecule has 8 heteroatoms. The van der Waals surface area contributed by atoms with E-state index >= 15 is 0 Å². The summed E-state index contributed by atoms with van der Waals surface area (Å²) in [6.45, 7) is 2.01. The molecule has 1 heterocycles. The zero-order valence-corrected chi connectivity index (χ0v) is 14.5. The van der Waals surface area contributed by atoms with E-state index in [1.807, 2.05) is 42.8 Å². The number of nitrogens with zero attached hydrogens (tertiary/aromatic N) is 4. The highest BCUT2D eigenvalue weighted by Crippen LogP contribution is 2.28. The number of halogens is 1. The Bertz CT molecular complexity index is 942. The highest BCUT2D eigenvalue weighted by Gasteiger charge is 2.16. The Labute approximate surface area is 147 Å². The van der Waals surface area contributed by atoms with Gasteiger partial charge < -0.3 is 4.57 Å². The van der Waals surface area contributed by atoms with Crippen molar-refractivity contribution in [1.29, 1.82) is 0 Å². The van der Waals surface area contributed by atoms with Crippen LogP contribution in [0.5, 0.6) is 0 Å². The van der Waals surface area contributed by atoms with Gasteiger partial charge in [0.15, 0.2) is 11.0 Å². The lowest BCUT2D eigenvalue weighted by Crippen LogP contribution is -1.97. The molecule has 0 aliphatic heterocycles. The molecule has 3 rings (SSSR count). The summed E-state index contributed by atoms with van der Waals surface area (Å²) >= 11 is 1.40. The summed E-state index contributed by atoms with van der Waals surface area (Å²) in [7, 11) is 1.88. The lowest BCUT2D eigenvalue weighted by molar-refractivity contribution is -0.387. The standard InChI is InChI=1S/C17H15FN4O2S/c1-11-5-3-4-6-13(11)16-19-20-17(21(16)2)25-10-12-7-8-15(22(23)24)14(18)9-12/h3-9H,10H2,1-2H3. The van der Waals surface area contributed by atoms with Gasteiger partial charge in [-0.05, 0) is 24.1 Å². The van der Waals surface area contributed by atoms with E-state index in [2.05, 4.69) is 10.2 Å². The Balaban J connectivity index is 1.78. The molecular weight excluding hydrogens is 343 g/mol. The van der Waals surface area contributed by atoms with Crippen LogP contribution in [0.3, 0.4) is 0 Å². The van der Waals surface area contributed by atoms with Gasteiger partial charge in [-0.15, -0.1) is 10.2 Å². The van der Waals surface area contributed by atoms with Gasteiger partial charge in [-0.1, -0.05) is 42.1 Å². The van der Waals surface area contributed by atoms with Crippen LogP contribution in [0.1, 0.15) is 11.1 Å². The molecule has 0 unspecified atom stereocenters. The molecule has 0 amide bonds. The van der Waals surface area contributed by atoms with E-state index in [1.165, 1.54) is 23.9 Å². The number of benzene rings is 2. The Morgan fingerprint density at radius 1 is 1.24 bits per heavy atom. The summed E-state index contributed by atoms with van der Waals surface area (Å²) in [5.41, 5.74) is 2.24. The third-order valence-electron chi connectivity index (χ3n) is 3.80. The minimum atomic E-state index is -0.832. The molecule has 25 heavy (non-hydrogen) atoms. The van der Waals surface area contributed by atoms with E-state index in [1.54, 1.807) is 6.07 Å². The van der Waals surface area contributed by atoms with Gasteiger partial charge in [0.1, 0.15) is 0 Å². The Morgan fingerprint density at radius 2 is 2.00 bits per heavy atom. The average molecular weight is 358 g/mol. The van der Waals surface area contributed by atoms with Gasteiger partial charge in [-0.3, -0.25) is 10.1 Å². The highest BCUT2D eigenvalue weighted by molar-refractivity contribution is 7.98. The van der Waals surface area contributed by atoms with Crippen molar-refractivity contribution < 1.29 is 9.31 Å². The quantitative estimate of drug-likeness (QED) is 0.389. The second kappa shape index (κ2) is 7.02. The molecule has 0 atom stereocenters. The third-order valence-corrected chi connectivity index (χ3v) is 4.89. The zero-order valence-electron chi connectivity index (χ0n) is 13.6. The fourth-order valence-electron chi connectivity index (χ4n) is 2.44. The smallest absolute Gasteiger partial charge is 0.304 e. The molecule has 128 valence electrons. The van der Waals surface area contributed by atoms with Crippen molar-refractivity contribution in [3.8, 4) is 11.4 Å². The van der Waals surface area contributed by atoms with E-state index in [0.29, 0.717) is 16.5 Å². The van der Waals surface area contributed by atoms with Gasteiger partial charge in [0, 0.05) is 24.4 Å². The van der Waals surface area contributed by atoms with Gasteiger partial charge in [0.2, 0.25) is 5.82 Å². The zero-order chi connectivity index (χ0) is 18.0. The summed E-state index contributed by atoms with van der Waals surface area (Å²) in [4.78, 5) is 9.93. The van der Waals surface area contributed by atoms with Crippen LogP contribution >= 0.6 is 11.8 Å². The molecule has 0 saturated carbocycles. The first-order valence-electron chi connectivity index (χ1n) is 7.48. The van der Waals surface area contributed by atoms with E-state index in [4.69, 9.17) is 0 Å².